The predicted octanol–water partition coefficient (Wildman–Crippen LogP) is 3.44. The molecule has 6 rings (SSSR count). The smallest absolute Gasteiger partial charge is 0.237 e. The summed E-state index contributed by atoms with van der Waals surface area (Å²) in [5.74, 6) is 0.455. The van der Waals surface area contributed by atoms with Gasteiger partial charge in [-0.2, -0.15) is 5.10 Å². The maximum atomic E-state index is 11.7. The highest BCUT2D eigenvalue weighted by atomic mass is 16.2. The van der Waals surface area contributed by atoms with Crippen LogP contribution in [0.3, 0.4) is 0 Å². The molecular formula is C34H58N8O2. The molecule has 5 heterocycles. The number of allylic oxidation sites excluding steroid dienone is 1. The van der Waals surface area contributed by atoms with E-state index >= 15 is 0 Å². The number of hydrogen-bond acceptors (Lipinski definition) is 7. The molecular weight excluding hydrogens is 552 g/mol. The molecule has 0 N–H and O–H groups in total. The van der Waals surface area contributed by atoms with E-state index in [-0.39, 0.29) is 19.2 Å². The van der Waals surface area contributed by atoms with Crippen LogP contribution >= 0.6 is 0 Å². The van der Waals surface area contributed by atoms with Crippen LogP contribution in [-0.4, -0.2) is 139 Å². The van der Waals surface area contributed by atoms with Gasteiger partial charge >= 0.3 is 0 Å². The molecule has 0 aliphatic carbocycles. The van der Waals surface area contributed by atoms with Gasteiger partial charge in [0.15, 0.2) is 0 Å². The third kappa shape index (κ3) is 16.5. The van der Waals surface area contributed by atoms with Gasteiger partial charge in [-0.1, -0.05) is 43.8 Å². The summed E-state index contributed by atoms with van der Waals surface area (Å²) in [5, 5.41) is 3.93. The van der Waals surface area contributed by atoms with Gasteiger partial charge in [0.25, 0.3) is 0 Å². The number of piperazine rings is 2. The average Bonchev–Trinajstić information content (AvgIpc) is 3.75. The summed E-state index contributed by atoms with van der Waals surface area (Å²) in [7, 11) is 9.87. The van der Waals surface area contributed by atoms with Crippen molar-refractivity contribution in [3.05, 3.63) is 65.5 Å². The van der Waals surface area contributed by atoms with Crippen molar-refractivity contribution in [3.8, 4) is 0 Å². The lowest BCUT2D eigenvalue weighted by Gasteiger charge is -2.32. The number of likely N-dealkylation sites (tertiary alicyclic amines) is 1. The zero-order chi connectivity index (χ0) is 31.6. The maximum absolute atomic E-state index is 11.7. The fourth-order valence-corrected chi connectivity index (χ4v) is 4.54. The van der Waals surface area contributed by atoms with Crippen molar-refractivity contribution in [2.75, 3.05) is 87.1 Å². The highest BCUT2D eigenvalue weighted by molar-refractivity contribution is 5.80. The maximum Gasteiger partial charge on any atom is 0.237 e. The number of benzene rings is 1. The van der Waals surface area contributed by atoms with Crippen LogP contribution < -0.4 is 0 Å². The Bertz CT molecular complexity index is 1120. The Balaban J connectivity index is 0.000000289. The van der Waals surface area contributed by atoms with Crippen molar-refractivity contribution < 1.29 is 9.59 Å². The van der Waals surface area contributed by atoms with Gasteiger partial charge in [0.2, 0.25) is 11.8 Å². The number of aryl methyl sites for hydroxylation is 2. The number of carbonyl (C=O) groups excluding carboxylic acids is 2. The Hall–Kier alpha value is -3.34. The first-order valence-electron chi connectivity index (χ1n) is 15.3. The zero-order valence-electron chi connectivity index (χ0n) is 27.6. The van der Waals surface area contributed by atoms with Crippen molar-refractivity contribution in [1.82, 2.24) is 34.3 Å². The van der Waals surface area contributed by atoms with Crippen molar-refractivity contribution in [2.45, 2.75) is 40.7 Å². The van der Waals surface area contributed by atoms with Crippen LogP contribution in [0.1, 0.15) is 38.3 Å². The summed E-state index contributed by atoms with van der Waals surface area (Å²) < 4.78 is 1.79. The van der Waals surface area contributed by atoms with E-state index in [1.165, 1.54) is 42.6 Å². The summed E-state index contributed by atoms with van der Waals surface area (Å²) in [5.41, 5.74) is 3.70. The number of aromatic nitrogens is 2. The first-order chi connectivity index (χ1) is 20.5. The third-order valence-corrected chi connectivity index (χ3v) is 7.35. The monoisotopic (exact) mass is 610 g/mol. The van der Waals surface area contributed by atoms with Crippen molar-refractivity contribution in [1.29, 1.82) is 0 Å². The van der Waals surface area contributed by atoms with Gasteiger partial charge in [-0.25, -0.2) is 0 Å². The quantitative estimate of drug-likeness (QED) is 0.519. The van der Waals surface area contributed by atoms with Gasteiger partial charge in [-0.3, -0.25) is 29.1 Å². The predicted molar refractivity (Wildman–Crippen MR) is 183 cm³/mol. The van der Waals surface area contributed by atoms with E-state index in [1.807, 2.05) is 81.7 Å². The Morgan fingerprint density at radius 2 is 1.36 bits per heavy atom. The standard InChI is InChI=1S/C12H16N2O.C6H12N2O.C5H8N2.C5H7N.C5H11N.CH4/c1-13-7-8-14(12(15)10-13)9-11-5-3-2-4-6-11;1-7-3-4-8(2)6(9)5-7;1-5-3-6-7(2)4-5;1-5-2-3-6-4-5;1-6-4-2-3-5-6;/h2-6H,7-10H2,1H3;3-5H2,1-2H3;3-4H,1-2H3;2,4H,3H2,1H3;2-5H2,1H3;1H4. The van der Waals surface area contributed by atoms with Crippen molar-refractivity contribution in [3.63, 3.8) is 0 Å². The van der Waals surface area contributed by atoms with Crippen LogP contribution in [0.4, 0.5) is 0 Å². The lowest BCUT2D eigenvalue weighted by molar-refractivity contribution is -0.136. The minimum absolute atomic E-state index is 0. The molecule has 44 heavy (non-hydrogen) atoms. The Kier molecular flexibility index (Phi) is 18.8. The van der Waals surface area contributed by atoms with Gasteiger partial charge in [0.05, 0.1) is 25.8 Å². The second kappa shape index (κ2) is 21.4. The molecule has 1 aromatic carbocycles. The molecule has 2 amide bonds. The van der Waals surface area contributed by atoms with Gasteiger partial charge in [-0.05, 0) is 77.6 Å². The fraction of sp³-hybridized carbons (Fsp3) is 0.588. The molecule has 2 aromatic rings. The summed E-state index contributed by atoms with van der Waals surface area (Å²) in [6.07, 6.45) is 10.6. The molecule has 10 heteroatoms. The van der Waals surface area contributed by atoms with Crippen LogP contribution in [0, 0.1) is 6.92 Å². The van der Waals surface area contributed by atoms with Gasteiger partial charge < -0.3 is 14.7 Å². The molecule has 3 saturated heterocycles. The lowest BCUT2D eigenvalue weighted by Crippen LogP contribution is -2.48. The number of aliphatic imine (C=N–C) groups is 1. The SMILES string of the molecule is C.CC1=CCN=C1.CN1CCCC1.CN1CCN(C)C(=O)C1.CN1CCN(Cc2ccccc2)C(=O)C1.Cc1cnn(C)c1. The number of nitrogens with zero attached hydrogens (tertiary/aromatic N) is 8. The number of carbonyl (C=O) groups is 2. The Morgan fingerprint density at radius 1 is 0.750 bits per heavy atom. The minimum atomic E-state index is 0. The van der Waals surface area contributed by atoms with E-state index in [4.69, 9.17) is 0 Å². The highest BCUT2D eigenvalue weighted by Crippen LogP contribution is 2.08. The normalized spacial score (nSPS) is 18.4. The van der Waals surface area contributed by atoms with Crippen molar-refractivity contribution in [2.24, 2.45) is 12.0 Å². The largest absolute Gasteiger partial charge is 0.343 e. The topological polar surface area (TPSA) is 80.5 Å². The molecule has 4 aliphatic heterocycles. The Morgan fingerprint density at radius 3 is 1.73 bits per heavy atom. The van der Waals surface area contributed by atoms with Crippen LogP contribution in [-0.2, 0) is 23.2 Å². The third-order valence-electron chi connectivity index (χ3n) is 7.35. The molecule has 1 aromatic heterocycles. The number of rotatable bonds is 2. The molecule has 0 bridgehead atoms. The van der Waals surface area contributed by atoms with Crippen LogP contribution in [0.25, 0.3) is 0 Å². The molecule has 4 aliphatic rings. The van der Waals surface area contributed by atoms with Gasteiger partial charge in [-0.15, -0.1) is 0 Å². The van der Waals surface area contributed by atoms with Crippen molar-refractivity contribution >= 4 is 18.0 Å². The Labute approximate surface area is 267 Å². The number of hydrogen-bond donors (Lipinski definition) is 0. The second-order valence-corrected chi connectivity index (χ2v) is 11.7. The van der Waals surface area contributed by atoms with E-state index in [0.29, 0.717) is 13.1 Å². The molecule has 0 radical (unpaired) electrons. The fourth-order valence-electron chi connectivity index (χ4n) is 4.54. The van der Waals surface area contributed by atoms with Gasteiger partial charge in [0.1, 0.15) is 0 Å². The van der Waals surface area contributed by atoms with Crippen LogP contribution in [0.2, 0.25) is 0 Å². The van der Waals surface area contributed by atoms with Crippen LogP contribution in [0.15, 0.2) is 59.4 Å². The number of amides is 2. The molecule has 10 nitrogen and oxygen atoms in total. The molecule has 3 fully saturated rings. The van der Waals surface area contributed by atoms with Gasteiger partial charge in [0, 0.05) is 59.2 Å². The van der Waals surface area contributed by atoms with E-state index in [1.54, 1.807) is 9.58 Å². The van der Waals surface area contributed by atoms with Crippen LogP contribution in [0.5, 0.6) is 0 Å². The molecule has 0 saturated carbocycles. The molecule has 0 atom stereocenters. The van der Waals surface area contributed by atoms with E-state index < -0.39 is 0 Å². The van der Waals surface area contributed by atoms with E-state index in [2.05, 4.69) is 52.1 Å². The average molecular weight is 611 g/mol. The number of likely N-dealkylation sites (N-methyl/N-ethyl adjacent to an activating group) is 3. The summed E-state index contributed by atoms with van der Waals surface area (Å²) in [6, 6.07) is 10.1. The molecule has 0 spiro atoms. The minimum Gasteiger partial charge on any atom is -0.343 e. The summed E-state index contributed by atoms with van der Waals surface area (Å²) >= 11 is 0. The molecule has 0 unspecified atom stereocenters. The van der Waals surface area contributed by atoms with E-state index in [9.17, 15) is 9.59 Å². The van der Waals surface area contributed by atoms with E-state index in [0.717, 1.165) is 39.3 Å². The first kappa shape index (κ1) is 38.7. The second-order valence-electron chi connectivity index (χ2n) is 11.7. The summed E-state index contributed by atoms with van der Waals surface area (Å²) in [4.78, 5) is 36.7. The summed E-state index contributed by atoms with van der Waals surface area (Å²) in [6.45, 7) is 13.2. The first-order valence-corrected chi connectivity index (χ1v) is 15.3. The zero-order valence-corrected chi connectivity index (χ0v) is 27.6. The highest BCUT2D eigenvalue weighted by Gasteiger charge is 2.21. The molecule has 246 valence electrons. The lowest BCUT2D eigenvalue weighted by atomic mass is 10.2.